The number of ketones is 2. The summed E-state index contributed by atoms with van der Waals surface area (Å²) in [6, 6.07) is 5.34. The minimum absolute atomic E-state index is 0.0318. The van der Waals surface area contributed by atoms with E-state index in [1.807, 2.05) is 11.8 Å². The first-order chi connectivity index (χ1) is 14.7. The van der Waals surface area contributed by atoms with Crippen LogP contribution in [0.25, 0.3) is 0 Å². The second-order valence-electron chi connectivity index (χ2n) is 8.09. The van der Waals surface area contributed by atoms with E-state index in [1.165, 1.54) is 31.2 Å². The van der Waals surface area contributed by atoms with Crippen molar-refractivity contribution in [2.45, 2.75) is 33.7 Å². The molecule has 1 saturated heterocycles. The molecule has 3 rings (SSSR count). The number of Topliss-reactive ketones (excluding diaryl/α,β-unsaturated/α-hetero) is 2. The number of amides is 1. The van der Waals surface area contributed by atoms with Gasteiger partial charge in [0.05, 0.1) is 18.3 Å². The Morgan fingerprint density at radius 1 is 1.10 bits per heavy atom. The molecule has 0 saturated carbocycles. The molecular formula is C23H29FN4O3. The van der Waals surface area contributed by atoms with Crippen LogP contribution in [0.5, 0.6) is 0 Å². The van der Waals surface area contributed by atoms with Crippen LogP contribution in [0.2, 0.25) is 0 Å². The maximum Gasteiger partial charge on any atom is 0.238 e. The lowest BCUT2D eigenvalue weighted by Gasteiger charge is -2.37. The highest BCUT2D eigenvalue weighted by Gasteiger charge is 2.30. The normalized spacial score (nSPS) is 16.2. The van der Waals surface area contributed by atoms with Gasteiger partial charge in [0.15, 0.2) is 11.6 Å². The molecule has 0 bridgehead atoms. The van der Waals surface area contributed by atoms with Gasteiger partial charge >= 0.3 is 0 Å². The molecular weight excluding hydrogens is 399 g/mol. The predicted octanol–water partition coefficient (Wildman–Crippen LogP) is 2.80. The smallest absolute Gasteiger partial charge is 0.238 e. The third kappa shape index (κ3) is 5.26. The van der Waals surface area contributed by atoms with Crippen molar-refractivity contribution in [1.29, 1.82) is 0 Å². The van der Waals surface area contributed by atoms with Gasteiger partial charge in [0.25, 0.3) is 0 Å². The lowest BCUT2D eigenvalue weighted by molar-refractivity contribution is -0.117. The first kappa shape index (κ1) is 22.8. The number of hydrogen-bond donors (Lipinski definition) is 2. The standard InChI is InChI=1S/C23H29FN4O3/c1-14-21(17(4)29)15(2)25-22(14)23(31)16(3)28-11-9-27(10-12-28)13-20(30)26-19-7-5-18(24)6-8-19/h5-8,16,25H,9-13H2,1-4H3,(H,26,30). The van der Waals surface area contributed by atoms with Gasteiger partial charge in [-0.2, -0.15) is 0 Å². The summed E-state index contributed by atoms with van der Waals surface area (Å²) in [5.41, 5.74) is 3.07. The van der Waals surface area contributed by atoms with Crippen molar-refractivity contribution < 1.29 is 18.8 Å². The van der Waals surface area contributed by atoms with Crippen LogP contribution in [0.3, 0.4) is 0 Å². The van der Waals surface area contributed by atoms with Crippen LogP contribution in [0.1, 0.15) is 46.0 Å². The third-order valence-electron chi connectivity index (χ3n) is 5.87. The van der Waals surface area contributed by atoms with E-state index in [0.29, 0.717) is 48.7 Å². The molecule has 8 heteroatoms. The third-order valence-corrected chi connectivity index (χ3v) is 5.87. The summed E-state index contributed by atoms with van der Waals surface area (Å²) >= 11 is 0. The summed E-state index contributed by atoms with van der Waals surface area (Å²) in [6.45, 7) is 9.88. The number of carbonyl (C=O) groups is 3. The zero-order chi connectivity index (χ0) is 22.7. The molecule has 2 heterocycles. The minimum atomic E-state index is -0.347. The number of rotatable bonds is 7. The zero-order valence-electron chi connectivity index (χ0n) is 18.4. The average molecular weight is 429 g/mol. The zero-order valence-corrected chi connectivity index (χ0v) is 18.4. The van der Waals surface area contributed by atoms with Gasteiger partial charge in [0.1, 0.15) is 5.82 Å². The van der Waals surface area contributed by atoms with Gasteiger partial charge in [-0.05, 0) is 57.5 Å². The fraction of sp³-hybridized carbons (Fsp3) is 0.435. The Bertz CT molecular complexity index is 975. The number of aromatic nitrogens is 1. The van der Waals surface area contributed by atoms with Gasteiger partial charge in [-0.25, -0.2) is 4.39 Å². The van der Waals surface area contributed by atoms with Gasteiger partial charge in [0, 0.05) is 43.1 Å². The van der Waals surface area contributed by atoms with Crippen LogP contribution in [0.4, 0.5) is 10.1 Å². The molecule has 7 nitrogen and oxygen atoms in total. The van der Waals surface area contributed by atoms with Crippen molar-refractivity contribution in [3.8, 4) is 0 Å². The number of piperazine rings is 1. The highest BCUT2D eigenvalue weighted by atomic mass is 19.1. The van der Waals surface area contributed by atoms with E-state index in [1.54, 1.807) is 13.8 Å². The van der Waals surface area contributed by atoms with Crippen molar-refractivity contribution >= 4 is 23.2 Å². The quantitative estimate of drug-likeness (QED) is 0.663. The highest BCUT2D eigenvalue weighted by Crippen LogP contribution is 2.21. The Kier molecular flexibility index (Phi) is 7.02. The van der Waals surface area contributed by atoms with Crippen LogP contribution in [-0.4, -0.2) is 71.0 Å². The molecule has 0 radical (unpaired) electrons. The molecule has 166 valence electrons. The van der Waals surface area contributed by atoms with E-state index in [-0.39, 0.29) is 35.9 Å². The van der Waals surface area contributed by atoms with Gasteiger partial charge in [-0.1, -0.05) is 0 Å². The number of aromatic amines is 1. The second kappa shape index (κ2) is 9.53. The molecule has 1 atom stereocenters. The monoisotopic (exact) mass is 428 g/mol. The van der Waals surface area contributed by atoms with Crippen molar-refractivity contribution in [3.63, 3.8) is 0 Å². The number of hydrogen-bond acceptors (Lipinski definition) is 5. The molecule has 1 aliphatic heterocycles. The van der Waals surface area contributed by atoms with Gasteiger partial charge in [-0.3, -0.25) is 24.2 Å². The van der Waals surface area contributed by atoms with Crippen molar-refractivity contribution in [1.82, 2.24) is 14.8 Å². The molecule has 0 aliphatic carbocycles. The molecule has 0 spiro atoms. The first-order valence-corrected chi connectivity index (χ1v) is 10.4. The number of anilines is 1. The van der Waals surface area contributed by atoms with E-state index in [4.69, 9.17) is 0 Å². The number of nitrogens with zero attached hydrogens (tertiary/aromatic N) is 2. The minimum Gasteiger partial charge on any atom is -0.355 e. The SMILES string of the molecule is CC(=O)c1c(C)[nH]c(C(=O)C(C)N2CCN(CC(=O)Nc3ccc(F)cc3)CC2)c1C. The van der Waals surface area contributed by atoms with Crippen molar-refractivity contribution in [3.05, 3.63) is 52.6 Å². The van der Waals surface area contributed by atoms with Crippen LogP contribution < -0.4 is 5.32 Å². The van der Waals surface area contributed by atoms with Crippen LogP contribution >= 0.6 is 0 Å². The lowest BCUT2D eigenvalue weighted by Crippen LogP contribution is -2.53. The number of carbonyl (C=O) groups excluding carboxylic acids is 3. The molecule has 1 aromatic heterocycles. The van der Waals surface area contributed by atoms with Gasteiger partial charge in [0.2, 0.25) is 5.91 Å². The van der Waals surface area contributed by atoms with Crippen LogP contribution in [0.15, 0.2) is 24.3 Å². The van der Waals surface area contributed by atoms with E-state index >= 15 is 0 Å². The number of nitrogens with one attached hydrogen (secondary N) is 2. The molecule has 1 amide bonds. The molecule has 2 aromatic rings. The summed E-state index contributed by atoms with van der Waals surface area (Å²) in [5, 5.41) is 2.77. The molecule has 1 aromatic carbocycles. The average Bonchev–Trinajstić information content (AvgIpc) is 3.03. The summed E-state index contributed by atoms with van der Waals surface area (Å²) in [7, 11) is 0. The van der Waals surface area contributed by atoms with Gasteiger partial charge < -0.3 is 10.3 Å². The molecule has 1 aliphatic rings. The lowest BCUT2D eigenvalue weighted by atomic mass is 10.0. The van der Waals surface area contributed by atoms with Crippen LogP contribution in [0, 0.1) is 19.7 Å². The molecule has 1 unspecified atom stereocenters. The van der Waals surface area contributed by atoms with E-state index in [9.17, 15) is 18.8 Å². The molecule has 2 N–H and O–H groups in total. The van der Waals surface area contributed by atoms with E-state index in [2.05, 4.69) is 15.2 Å². The number of benzene rings is 1. The van der Waals surface area contributed by atoms with Gasteiger partial charge in [-0.15, -0.1) is 0 Å². The Balaban J connectivity index is 1.53. The Labute approximate surface area is 181 Å². The second-order valence-corrected chi connectivity index (χ2v) is 8.09. The number of H-pyrrole nitrogens is 1. The predicted molar refractivity (Wildman–Crippen MR) is 117 cm³/mol. The fourth-order valence-electron chi connectivity index (χ4n) is 4.14. The maximum absolute atomic E-state index is 13.1. The first-order valence-electron chi connectivity index (χ1n) is 10.4. The molecule has 31 heavy (non-hydrogen) atoms. The van der Waals surface area contributed by atoms with E-state index < -0.39 is 0 Å². The summed E-state index contributed by atoms with van der Waals surface area (Å²) in [4.78, 5) is 44.4. The highest BCUT2D eigenvalue weighted by molar-refractivity contribution is 6.05. The Morgan fingerprint density at radius 2 is 1.71 bits per heavy atom. The topological polar surface area (TPSA) is 85.5 Å². The fourth-order valence-corrected chi connectivity index (χ4v) is 4.14. The van der Waals surface area contributed by atoms with Crippen molar-refractivity contribution in [2.75, 3.05) is 38.0 Å². The summed E-state index contributed by atoms with van der Waals surface area (Å²) in [6.07, 6.45) is 0. The van der Waals surface area contributed by atoms with Crippen LogP contribution in [-0.2, 0) is 4.79 Å². The molecule has 1 fully saturated rings. The summed E-state index contributed by atoms with van der Waals surface area (Å²) < 4.78 is 13.0. The number of aryl methyl sites for hydroxylation is 1. The maximum atomic E-state index is 13.1. The number of halogens is 1. The Morgan fingerprint density at radius 3 is 2.26 bits per heavy atom. The largest absolute Gasteiger partial charge is 0.355 e. The summed E-state index contributed by atoms with van der Waals surface area (Å²) in [5.74, 6) is -0.584. The van der Waals surface area contributed by atoms with Crippen molar-refractivity contribution in [2.24, 2.45) is 0 Å². The Hall–Kier alpha value is -2.84. The van der Waals surface area contributed by atoms with E-state index in [0.717, 1.165) is 5.69 Å².